The minimum atomic E-state index is -0.334. The van der Waals surface area contributed by atoms with Crippen LogP contribution >= 0.6 is 0 Å². The van der Waals surface area contributed by atoms with E-state index in [1.165, 1.54) is 0 Å². The zero-order chi connectivity index (χ0) is 7.84. The van der Waals surface area contributed by atoms with Crippen molar-refractivity contribution in [3.63, 3.8) is 0 Å². The van der Waals surface area contributed by atoms with E-state index in [-0.39, 0.29) is 18.1 Å². The standard InChI is InChI=1S/C8H13NO2/c9-5-1-2-8-6(3-5)7(10)4-11-8/h3,6-8,10H,1-2,4,9H2. The van der Waals surface area contributed by atoms with Crippen LogP contribution in [0.25, 0.3) is 0 Å². The molecular weight excluding hydrogens is 142 g/mol. The number of nitrogens with two attached hydrogens (primary N) is 1. The Bertz CT molecular complexity index is 191. The van der Waals surface area contributed by atoms with Crippen molar-refractivity contribution in [2.75, 3.05) is 6.61 Å². The Morgan fingerprint density at radius 1 is 1.64 bits per heavy atom. The van der Waals surface area contributed by atoms with Crippen LogP contribution in [-0.2, 0) is 4.74 Å². The second-order valence-corrected chi connectivity index (χ2v) is 3.30. The molecule has 0 saturated carbocycles. The van der Waals surface area contributed by atoms with E-state index < -0.39 is 0 Å². The third-order valence-electron chi connectivity index (χ3n) is 2.48. The molecule has 1 aliphatic heterocycles. The van der Waals surface area contributed by atoms with Gasteiger partial charge in [0.15, 0.2) is 0 Å². The summed E-state index contributed by atoms with van der Waals surface area (Å²) in [5, 5.41) is 9.42. The number of fused-ring (bicyclic) bond motifs is 1. The van der Waals surface area contributed by atoms with Gasteiger partial charge in [-0.15, -0.1) is 0 Å². The second-order valence-electron chi connectivity index (χ2n) is 3.30. The fourth-order valence-corrected chi connectivity index (χ4v) is 1.83. The topological polar surface area (TPSA) is 55.5 Å². The maximum absolute atomic E-state index is 9.42. The fraction of sp³-hybridized carbons (Fsp3) is 0.750. The van der Waals surface area contributed by atoms with E-state index in [4.69, 9.17) is 10.5 Å². The van der Waals surface area contributed by atoms with Crippen molar-refractivity contribution in [1.82, 2.24) is 0 Å². The van der Waals surface area contributed by atoms with Gasteiger partial charge in [0.25, 0.3) is 0 Å². The fourth-order valence-electron chi connectivity index (χ4n) is 1.83. The highest BCUT2D eigenvalue weighted by atomic mass is 16.5. The average Bonchev–Trinajstić information content (AvgIpc) is 2.33. The monoisotopic (exact) mass is 155 g/mol. The van der Waals surface area contributed by atoms with E-state index in [9.17, 15) is 5.11 Å². The summed E-state index contributed by atoms with van der Waals surface area (Å²) in [5.41, 5.74) is 6.55. The van der Waals surface area contributed by atoms with Crippen LogP contribution in [0.1, 0.15) is 12.8 Å². The summed E-state index contributed by atoms with van der Waals surface area (Å²) in [6, 6.07) is 0. The molecule has 0 bridgehead atoms. The zero-order valence-electron chi connectivity index (χ0n) is 6.36. The van der Waals surface area contributed by atoms with Crippen LogP contribution in [0.15, 0.2) is 11.8 Å². The van der Waals surface area contributed by atoms with Crippen LogP contribution in [0.5, 0.6) is 0 Å². The molecule has 1 aliphatic carbocycles. The first-order valence-electron chi connectivity index (χ1n) is 4.03. The van der Waals surface area contributed by atoms with Crippen molar-refractivity contribution < 1.29 is 9.84 Å². The van der Waals surface area contributed by atoms with Gasteiger partial charge in [0, 0.05) is 11.6 Å². The number of hydrogen-bond donors (Lipinski definition) is 2. The summed E-state index contributed by atoms with van der Waals surface area (Å²) in [6.45, 7) is 0.471. The summed E-state index contributed by atoms with van der Waals surface area (Å²) in [7, 11) is 0. The van der Waals surface area contributed by atoms with Crippen LogP contribution in [0, 0.1) is 5.92 Å². The van der Waals surface area contributed by atoms with Gasteiger partial charge in [-0.05, 0) is 12.8 Å². The molecule has 0 aromatic heterocycles. The normalized spacial score (nSPS) is 43.4. The number of hydrogen-bond acceptors (Lipinski definition) is 3. The Morgan fingerprint density at radius 2 is 2.45 bits per heavy atom. The SMILES string of the molecule is NC1=CC2C(O)COC2CC1. The van der Waals surface area contributed by atoms with Crippen molar-refractivity contribution in [3.05, 3.63) is 11.8 Å². The summed E-state index contributed by atoms with van der Waals surface area (Å²) < 4.78 is 5.37. The minimum absolute atomic E-state index is 0.156. The molecule has 2 rings (SSSR count). The first kappa shape index (κ1) is 7.13. The Kier molecular flexibility index (Phi) is 1.62. The van der Waals surface area contributed by atoms with Gasteiger partial charge in [-0.3, -0.25) is 0 Å². The molecule has 62 valence electrons. The van der Waals surface area contributed by atoms with Gasteiger partial charge in [0.05, 0.1) is 18.8 Å². The van der Waals surface area contributed by atoms with Gasteiger partial charge < -0.3 is 15.6 Å². The molecule has 0 aromatic carbocycles. The molecule has 0 aromatic rings. The molecule has 0 amide bonds. The minimum Gasteiger partial charge on any atom is -0.402 e. The molecule has 3 nitrogen and oxygen atoms in total. The lowest BCUT2D eigenvalue weighted by Gasteiger charge is -2.22. The highest BCUT2D eigenvalue weighted by Crippen LogP contribution is 2.31. The molecule has 1 saturated heterocycles. The highest BCUT2D eigenvalue weighted by molar-refractivity contribution is 5.10. The van der Waals surface area contributed by atoms with Crippen molar-refractivity contribution in [3.8, 4) is 0 Å². The van der Waals surface area contributed by atoms with Crippen molar-refractivity contribution in [2.24, 2.45) is 11.7 Å². The maximum Gasteiger partial charge on any atom is 0.0861 e. The number of aliphatic hydroxyl groups excluding tert-OH is 1. The van der Waals surface area contributed by atoms with Gasteiger partial charge in [-0.25, -0.2) is 0 Å². The molecule has 11 heavy (non-hydrogen) atoms. The van der Waals surface area contributed by atoms with Crippen LogP contribution in [0.4, 0.5) is 0 Å². The quantitative estimate of drug-likeness (QED) is 0.517. The first-order chi connectivity index (χ1) is 5.27. The van der Waals surface area contributed by atoms with Gasteiger partial charge >= 0.3 is 0 Å². The van der Waals surface area contributed by atoms with Gasteiger partial charge in [-0.1, -0.05) is 6.08 Å². The molecule has 3 unspecified atom stereocenters. The zero-order valence-corrected chi connectivity index (χ0v) is 6.36. The number of aliphatic hydroxyl groups is 1. The Labute approximate surface area is 65.8 Å². The summed E-state index contributed by atoms with van der Waals surface area (Å²) >= 11 is 0. The predicted molar refractivity (Wildman–Crippen MR) is 40.7 cm³/mol. The van der Waals surface area contributed by atoms with Crippen LogP contribution in [0.3, 0.4) is 0 Å². The molecule has 3 atom stereocenters. The Hall–Kier alpha value is -0.540. The lowest BCUT2D eigenvalue weighted by Crippen LogP contribution is -2.27. The smallest absolute Gasteiger partial charge is 0.0861 e. The van der Waals surface area contributed by atoms with Crippen LogP contribution < -0.4 is 5.73 Å². The molecule has 0 radical (unpaired) electrons. The first-order valence-corrected chi connectivity index (χ1v) is 4.03. The summed E-state index contributed by atoms with van der Waals surface area (Å²) in [6.07, 6.45) is 3.71. The molecule has 0 spiro atoms. The molecule has 1 heterocycles. The van der Waals surface area contributed by atoms with Gasteiger partial charge in [0.1, 0.15) is 0 Å². The average molecular weight is 155 g/mol. The molecular formula is C8H13NO2. The molecule has 3 N–H and O–H groups in total. The van der Waals surface area contributed by atoms with Gasteiger partial charge in [-0.2, -0.15) is 0 Å². The van der Waals surface area contributed by atoms with E-state index in [1.54, 1.807) is 0 Å². The van der Waals surface area contributed by atoms with Gasteiger partial charge in [0.2, 0.25) is 0 Å². The third-order valence-corrected chi connectivity index (χ3v) is 2.48. The highest BCUT2D eigenvalue weighted by Gasteiger charge is 2.36. The largest absolute Gasteiger partial charge is 0.402 e. The van der Waals surface area contributed by atoms with Crippen LogP contribution in [0.2, 0.25) is 0 Å². The second kappa shape index (κ2) is 2.50. The van der Waals surface area contributed by atoms with E-state index in [1.807, 2.05) is 6.08 Å². The Morgan fingerprint density at radius 3 is 3.27 bits per heavy atom. The number of ether oxygens (including phenoxy) is 1. The number of allylic oxidation sites excluding steroid dienone is 1. The summed E-state index contributed by atoms with van der Waals surface area (Å²) in [5.74, 6) is 0.156. The maximum atomic E-state index is 9.42. The Balaban J connectivity index is 2.17. The van der Waals surface area contributed by atoms with E-state index in [0.29, 0.717) is 6.61 Å². The van der Waals surface area contributed by atoms with E-state index in [2.05, 4.69) is 0 Å². The third kappa shape index (κ3) is 1.14. The lowest BCUT2D eigenvalue weighted by molar-refractivity contribution is 0.0811. The molecule has 1 fully saturated rings. The molecule has 2 aliphatic rings. The van der Waals surface area contributed by atoms with E-state index >= 15 is 0 Å². The summed E-state index contributed by atoms with van der Waals surface area (Å²) in [4.78, 5) is 0. The van der Waals surface area contributed by atoms with Crippen molar-refractivity contribution in [1.29, 1.82) is 0 Å². The number of rotatable bonds is 0. The molecule has 3 heteroatoms. The van der Waals surface area contributed by atoms with Crippen LogP contribution in [-0.4, -0.2) is 23.9 Å². The predicted octanol–water partition coefficient (Wildman–Crippen LogP) is -0.00130. The lowest BCUT2D eigenvalue weighted by atomic mass is 9.89. The van der Waals surface area contributed by atoms with Crippen molar-refractivity contribution >= 4 is 0 Å². The van der Waals surface area contributed by atoms with E-state index in [0.717, 1.165) is 18.5 Å². The van der Waals surface area contributed by atoms with Crippen molar-refractivity contribution in [2.45, 2.75) is 25.0 Å².